The number of rotatable bonds is 6. The molecule has 0 heterocycles. The third-order valence-corrected chi connectivity index (χ3v) is 3.00. The Hall–Kier alpha value is -2.91. The maximum absolute atomic E-state index is 11.1. The molecule has 0 spiro atoms. The van der Waals surface area contributed by atoms with Gasteiger partial charge in [0.2, 0.25) is 0 Å². The van der Waals surface area contributed by atoms with Gasteiger partial charge < -0.3 is 10.1 Å². The van der Waals surface area contributed by atoms with Crippen LogP contribution in [0.15, 0.2) is 42.5 Å². The smallest absolute Gasteiger partial charge is 0.293 e. The van der Waals surface area contributed by atoms with Crippen molar-refractivity contribution in [2.75, 3.05) is 11.9 Å². The minimum Gasteiger partial charge on any atom is -0.377 e. The molecule has 2 aromatic carbocycles. The summed E-state index contributed by atoms with van der Waals surface area (Å²) in [7, 11) is 0. The van der Waals surface area contributed by atoms with Gasteiger partial charge in [0.25, 0.3) is 5.69 Å². The molecular weight excluding hydrogens is 282 g/mol. The fourth-order valence-corrected chi connectivity index (χ4v) is 1.97. The molecule has 0 unspecified atom stereocenters. The third-order valence-electron chi connectivity index (χ3n) is 3.00. The molecule has 22 heavy (non-hydrogen) atoms. The molecule has 112 valence electrons. The van der Waals surface area contributed by atoms with Crippen molar-refractivity contribution in [3.05, 3.63) is 63.7 Å². The summed E-state index contributed by atoms with van der Waals surface area (Å²) in [5, 5.41) is 23.0. The normalized spacial score (nSPS) is 10.0. The zero-order chi connectivity index (χ0) is 15.9. The van der Waals surface area contributed by atoms with Gasteiger partial charge in [-0.15, -0.1) is 0 Å². The molecular formula is C16H15N3O3. The molecule has 0 atom stereocenters. The van der Waals surface area contributed by atoms with Gasteiger partial charge in [-0.05, 0) is 36.8 Å². The van der Waals surface area contributed by atoms with Crippen LogP contribution in [-0.2, 0) is 11.3 Å². The lowest BCUT2D eigenvalue weighted by Crippen LogP contribution is -1.99. The minimum absolute atomic E-state index is 0.130. The Morgan fingerprint density at radius 3 is 2.82 bits per heavy atom. The van der Waals surface area contributed by atoms with E-state index in [9.17, 15) is 10.1 Å². The second kappa shape index (κ2) is 7.20. The summed E-state index contributed by atoms with van der Waals surface area (Å²) < 4.78 is 5.34. The SMILES string of the molecule is CCOCc1cccc(Nc2ccc(C#N)cc2[N+](=O)[O-])c1. The van der Waals surface area contributed by atoms with Gasteiger partial charge in [0, 0.05) is 18.4 Å². The van der Waals surface area contributed by atoms with Crippen LogP contribution in [0, 0.1) is 21.4 Å². The van der Waals surface area contributed by atoms with Crippen LogP contribution in [0.25, 0.3) is 0 Å². The lowest BCUT2D eigenvalue weighted by molar-refractivity contribution is -0.383. The lowest BCUT2D eigenvalue weighted by Gasteiger charge is -2.09. The van der Waals surface area contributed by atoms with Gasteiger partial charge in [0.05, 0.1) is 23.2 Å². The van der Waals surface area contributed by atoms with Gasteiger partial charge in [-0.3, -0.25) is 10.1 Å². The Morgan fingerprint density at radius 2 is 2.14 bits per heavy atom. The van der Waals surface area contributed by atoms with Gasteiger partial charge in [0.1, 0.15) is 5.69 Å². The van der Waals surface area contributed by atoms with Crippen LogP contribution >= 0.6 is 0 Å². The van der Waals surface area contributed by atoms with E-state index in [-0.39, 0.29) is 11.3 Å². The summed E-state index contributed by atoms with van der Waals surface area (Å²) in [6.07, 6.45) is 0. The van der Waals surface area contributed by atoms with Crippen molar-refractivity contribution in [1.82, 2.24) is 0 Å². The molecule has 0 saturated heterocycles. The average molecular weight is 297 g/mol. The zero-order valence-electron chi connectivity index (χ0n) is 12.1. The maximum atomic E-state index is 11.1. The monoisotopic (exact) mass is 297 g/mol. The number of benzene rings is 2. The van der Waals surface area contributed by atoms with E-state index < -0.39 is 4.92 Å². The van der Waals surface area contributed by atoms with Gasteiger partial charge >= 0.3 is 0 Å². The molecule has 0 aromatic heterocycles. The Labute approximate surface area is 128 Å². The van der Waals surface area contributed by atoms with Gasteiger partial charge in [-0.2, -0.15) is 5.26 Å². The number of nitrogens with zero attached hydrogens (tertiary/aromatic N) is 2. The quantitative estimate of drug-likeness (QED) is 0.648. The molecule has 0 amide bonds. The summed E-state index contributed by atoms with van der Waals surface area (Å²) in [6.45, 7) is 3.03. The first-order valence-electron chi connectivity index (χ1n) is 6.76. The average Bonchev–Trinajstić information content (AvgIpc) is 2.53. The van der Waals surface area contributed by atoms with Crippen molar-refractivity contribution >= 4 is 17.1 Å². The zero-order valence-corrected chi connectivity index (χ0v) is 12.1. The Bertz CT molecular complexity index is 723. The summed E-state index contributed by atoms with van der Waals surface area (Å²) in [4.78, 5) is 10.6. The highest BCUT2D eigenvalue weighted by atomic mass is 16.6. The molecule has 6 heteroatoms. The first kappa shape index (κ1) is 15.5. The molecule has 0 fully saturated rings. The molecule has 0 saturated carbocycles. The number of anilines is 2. The van der Waals surface area contributed by atoms with Gasteiger partial charge in [-0.25, -0.2) is 0 Å². The van der Waals surface area contributed by atoms with Crippen LogP contribution in [-0.4, -0.2) is 11.5 Å². The standard InChI is InChI=1S/C16H15N3O3/c1-2-22-11-13-4-3-5-14(8-13)18-15-7-6-12(10-17)9-16(15)19(20)21/h3-9,18H,2,11H2,1H3. The summed E-state index contributed by atoms with van der Waals surface area (Å²) >= 11 is 0. The highest BCUT2D eigenvalue weighted by molar-refractivity contribution is 5.71. The number of nitrogens with one attached hydrogen (secondary N) is 1. The molecule has 6 nitrogen and oxygen atoms in total. The summed E-state index contributed by atoms with van der Waals surface area (Å²) in [6, 6.07) is 13.7. The topological polar surface area (TPSA) is 88.2 Å². The van der Waals surface area contributed by atoms with Crippen molar-refractivity contribution in [2.45, 2.75) is 13.5 Å². The Morgan fingerprint density at radius 1 is 1.32 bits per heavy atom. The predicted molar refractivity (Wildman–Crippen MR) is 82.9 cm³/mol. The second-order valence-corrected chi connectivity index (χ2v) is 4.56. The molecule has 0 aliphatic rings. The maximum Gasteiger partial charge on any atom is 0.293 e. The van der Waals surface area contributed by atoms with Crippen molar-refractivity contribution in [3.8, 4) is 6.07 Å². The number of hydrogen-bond donors (Lipinski definition) is 1. The van der Waals surface area contributed by atoms with Crippen LogP contribution in [0.1, 0.15) is 18.1 Å². The van der Waals surface area contributed by atoms with Crippen LogP contribution in [0.4, 0.5) is 17.1 Å². The van der Waals surface area contributed by atoms with E-state index in [1.165, 1.54) is 12.1 Å². The molecule has 0 radical (unpaired) electrons. The van der Waals surface area contributed by atoms with E-state index in [1.54, 1.807) is 6.07 Å². The van der Waals surface area contributed by atoms with E-state index in [4.69, 9.17) is 10.00 Å². The number of hydrogen-bond acceptors (Lipinski definition) is 5. The number of nitriles is 1. The number of nitro benzene ring substituents is 1. The predicted octanol–water partition coefficient (Wildman–Crippen LogP) is 3.75. The van der Waals surface area contributed by atoms with E-state index in [0.29, 0.717) is 18.9 Å². The largest absolute Gasteiger partial charge is 0.377 e. The second-order valence-electron chi connectivity index (χ2n) is 4.56. The molecule has 1 N–H and O–H groups in total. The van der Waals surface area contributed by atoms with Crippen LogP contribution in [0.3, 0.4) is 0 Å². The van der Waals surface area contributed by atoms with E-state index in [0.717, 1.165) is 11.3 Å². The van der Waals surface area contributed by atoms with Crippen LogP contribution < -0.4 is 5.32 Å². The highest BCUT2D eigenvalue weighted by Crippen LogP contribution is 2.28. The molecule has 0 aliphatic heterocycles. The van der Waals surface area contributed by atoms with E-state index in [2.05, 4.69) is 5.32 Å². The van der Waals surface area contributed by atoms with Crippen molar-refractivity contribution in [3.63, 3.8) is 0 Å². The van der Waals surface area contributed by atoms with Crippen molar-refractivity contribution in [1.29, 1.82) is 5.26 Å². The van der Waals surface area contributed by atoms with Gasteiger partial charge in [-0.1, -0.05) is 12.1 Å². The molecule has 0 aliphatic carbocycles. The third kappa shape index (κ3) is 3.81. The first-order valence-corrected chi connectivity index (χ1v) is 6.76. The Balaban J connectivity index is 2.27. The van der Waals surface area contributed by atoms with Gasteiger partial charge in [0.15, 0.2) is 0 Å². The van der Waals surface area contributed by atoms with Crippen molar-refractivity contribution in [2.24, 2.45) is 0 Å². The Kier molecular flexibility index (Phi) is 5.07. The lowest BCUT2D eigenvalue weighted by atomic mass is 10.1. The minimum atomic E-state index is -0.507. The van der Waals surface area contributed by atoms with Crippen LogP contribution in [0.2, 0.25) is 0 Å². The van der Waals surface area contributed by atoms with E-state index in [1.807, 2.05) is 37.3 Å². The van der Waals surface area contributed by atoms with Crippen LogP contribution in [0.5, 0.6) is 0 Å². The molecule has 2 aromatic rings. The molecule has 0 bridgehead atoms. The van der Waals surface area contributed by atoms with E-state index >= 15 is 0 Å². The summed E-state index contributed by atoms with van der Waals surface area (Å²) in [5.41, 5.74) is 2.17. The number of ether oxygens (including phenoxy) is 1. The fraction of sp³-hybridized carbons (Fsp3) is 0.188. The fourth-order valence-electron chi connectivity index (χ4n) is 1.97. The van der Waals surface area contributed by atoms with Crippen molar-refractivity contribution < 1.29 is 9.66 Å². The number of nitro groups is 1. The first-order chi connectivity index (χ1) is 10.6. The highest BCUT2D eigenvalue weighted by Gasteiger charge is 2.15. The molecule has 2 rings (SSSR count). The summed E-state index contributed by atoms with van der Waals surface area (Å²) in [5.74, 6) is 0.